The van der Waals surface area contributed by atoms with Crippen molar-refractivity contribution in [1.29, 1.82) is 0 Å². The van der Waals surface area contributed by atoms with Crippen LogP contribution in [0.3, 0.4) is 0 Å². The molecule has 0 spiro atoms. The topological polar surface area (TPSA) is 73.8 Å². The fourth-order valence-corrected chi connectivity index (χ4v) is 21.2. The molecule has 3 aliphatic rings. The van der Waals surface area contributed by atoms with Crippen LogP contribution < -0.4 is 0 Å². The van der Waals surface area contributed by atoms with Crippen molar-refractivity contribution in [2.75, 3.05) is 13.2 Å². The fraction of sp³-hybridized carbons (Fsp3) is 0.731. The molecule has 0 radical (unpaired) electrons. The highest BCUT2D eigenvalue weighted by molar-refractivity contribution is 6.74. The predicted molar refractivity (Wildman–Crippen MR) is 264 cm³/mol. The molecule has 0 unspecified atom stereocenters. The van der Waals surface area contributed by atoms with E-state index < -0.39 is 30.8 Å². The van der Waals surface area contributed by atoms with Crippen molar-refractivity contribution in [3.8, 4) is 11.8 Å². The number of hydrogen-bond acceptors (Lipinski definition) is 8. The normalized spacial score (nSPS) is 28.1. The van der Waals surface area contributed by atoms with Crippen LogP contribution in [0.2, 0.25) is 46.3 Å². The third-order valence-electron chi connectivity index (χ3n) is 14.9. The SMILES string of the molecule is CC[Si](CC)(CC)O[C@H]1CC[C@@](C)(OCc2ccccc2)[C@H](COCc2ccccc2)O[C@@H]1CC#CC[C@H]1O[C@@H]2CO[Si](C(C)(C)C)(C(C)(C)C)O[C@H]2C[C@H]1O[Si](CC)(CC)CC. The van der Waals surface area contributed by atoms with E-state index in [4.69, 9.17) is 36.7 Å². The Bertz CT molecular complexity index is 1680. The van der Waals surface area contributed by atoms with E-state index in [1.807, 2.05) is 12.1 Å². The molecule has 0 bridgehead atoms. The first-order chi connectivity index (χ1) is 29.9. The Morgan fingerprint density at radius 1 is 0.667 bits per heavy atom. The predicted octanol–water partition coefficient (Wildman–Crippen LogP) is 12.9. The molecule has 0 aromatic heterocycles. The van der Waals surface area contributed by atoms with Crippen molar-refractivity contribution in [2.45, 2.75) is 230 Å². The maximum absolute atomic E-state index is 7.36. The lowest BCUT2D eigenvalue weighted by molar-refractivity contribution is -0.194. The summed E-state index contributed by atoms with van der Waals surface area (Å²) in [5, 5.41) is -0.200. The second-order valence-corrected chi connectivity index (χ2v) is 35.1. The van der Waals surface area contributed by atoms with Gasteiger partial charge in [-0.2, -0.15) is 0 Å². The Kier molecular flexibility index (Phi) is 19.0. The minimum Gasteiger partial charge on any atom is -0.411 e. The van der Waals surface area contributed by atoms with Crippen LogP contribution in [0.15, 0.2) is 60.7 Å². The van der Waals surface area contributed by atoms with Crippen LogP contribution in [0.5, 0.6) is 0 Å². The Labute approximate surface area is 387 Å². The van der Waals surface area contributed by atoms with Crippen LogP contribution in [0.4, 0.5) is 0 Å². The second-order valence-electron chi connectivity index (χ2n) is 20.9. The van der Waals surface area contributed by atoms with Gasteiger partial charge in [-0.3, -0.25) is 0 Å². The molecular formula is C52H86O8Si3. The van der Waals surface area contributed by atoms with Crippen molar-refractivity contribution in [2.24, 2.45) is 0 Å². The molecule has 5 rings (SSSR count). The third kappa shape index (κ3) is 12.9. The lowest BCUT2D eigenvalue weighted by atomic mass is 9.92. The molecule has 11 heteroatoms. The van der Waals surface area contributed by atoms with Gasteiger partial charge in [0.25, 0.3) is 0 Å². The molecule has 63 heavy (non-hydrogen) atoms. The van der Waals surface area contributed by atoms with Crippen molar-refractivity contribution < 1.29 is 36.7 Å². The summed E-state index contributed by atoms with van der Waals surface area (Å²) in [6.07, 6.45) is 2.45. The van der Waals surface area contributed by atoms with Crippen LogP contribution in [-0.4, -0.2) is 86.7 Å². The van der Waals surface area contributed by atoms with Crippen LogP contribution >= 0.6 is 0 Å². The molecule has 0 aliphatic carbocycles. The van der Waals surface area contributed by atoms with Crippen LogP contribution in [-0.2, 0) is 49.9 Å². The lowest BCUT2D eigenvalue weighted by Gasteiger charge is -2.57. The Balaban J connectivity index is 1.41. The van der Waals surface area contributed by atoms with Crippen LogP contribution in [0.25, 0.3) is 0 Å². The van der Waals surface area contributed by atoms with Crippen molar-refractivity contribution >= 4 is 25.2 Å². The number of benzene rings is 2. The maximum atomic E-state index is 7.36. The van der Waals surface area contributed by atoms with Gasteiger partial charge in [-0.1, -0.05) is 144 Å². The minimum atomic E-state index is -2.67. The lowest BCUT2D eigenvalue weighted by Crippen LogP contribution is -2.67. The van der Waals surface area contributed by atoms with Crippen LogP contribution in [0.1, 0.15) is 133 Å². The van der Waals surface area contributed by atoms with E-state index in [2.05, 4.69) is 150 Å². The summed E-state index contributed by atoms with van der Waals surface area (Å²) in [6.45, 7) is 31.7. The molecule has 3 heterocycles. The zero-order chi connectivity index (χ0) is 45.9. The molecule has 0 amide bonds. The smallest absolute Gasteiger partial charge is 0.349 e. The zero-order valence-electron chi connectivity index (χ0n) is 41.7. The highest BCUT2D eigenvalue weighted by Gasteiger charge is 2.63. The number of fused-ring (bicyclic) bond motifs is 1. The van der Waals surface area contributed by atoms with Gasteiger partial charge in [0.15, 0.2) is 16.6 Å². The molecule has 3 fully saturated rings. The summed E-state index contributed by atoms with van der Waals surface area (Å²) in [5.41, 5.74) is 1.68. The van der Waals surface area contributed by atoms with Gasteiger partial charge in [-0.15, -0.1) is 11.8 Å². The minimum absolute atomic E-state index is 0.0627. The van der Waals surface area contributed by atoms with E-state index in [0.29, 0.717) is 39.3 Å². The van der Waals surface area contributed by atoms with E-state index in [-0.39, 0.29) is 52.8 Å². The van der Waals surface area contributed by atoms with Gasteiger partial charge in [0.1, 0.15) is 12.2 Å². The van der Waals surface area contributed by atoms with Gasteiger partial charge in [-0.05, 0) is 67.2 Å². The molecule has 354 valence electrons. The summed E-state index contributed by atoms with van der Waals surface area (Å²) in [5.74, 6) is 7.26. The first kappa shape index (κ1) is 52.3. The Morgan fingerprint density at radius 3 is 1.67 bits per heavy atom. The van der Waals surface area contributed by atoms with Gasteiger partial charge in [0.05, 0.1) is 62.5 Å². The third-order valence-corrected chi connectivity index (χ3v) is 29.4. The van der Waals surface area contributed by atoms with Gasteiger partial charge < -0.3 is 36.7 Å². The first-order valence-electron chi connectivity index (χ1n) is 24.7. The standard InChI is InChI=1S/C52H86O8Si3/c1-14-61(15-2,16-3)58-45-34-35-52(13,54-38-42-30-24-21-25-31-42)49(40-53-37-41-28-22-20-23-29-41)57-43(45)32-26-27-33-44-46(59-62(17-4,18-5)19-6)36-47-48(56-44)39-55-63(60-47,50(7,8)9)51(10,11)12/h20-25,28-31,43-49H,14-19,32-40H2,1-13H3/t43-,44-,45+,46-,47+,48-,49+,52-/m1/s1. The van der Waals surface area contributed by atoms with Gasteiger partial charge in [-0.25, -0.2) is 0 Å². The number of hydrogen-bond donors (Lipinski definition) is 0. The monoisotopic (exact) mass is 923 g/mol. The quantitative estimate of drug-likeness (QED) is 0.102. The molecule has 3 aliphatic heterocycles. The molecule has 0 N–H and O–H groups in total. The van der Waals surface area contributed by atoms with E-state index in [1.54, 1.807) is 0 Å². The van der Waals surface area contributed by atoms with Crippen molar-refractivity contribution in [3.05, 3.63) is 71.8 Å². The molecule has 0 saturated carbocycles. The van der Waals surface area contributed by atoms with E-state index in [0.717, 1.165) is 66.7 Å². The highest BCUT2D eigenvalue weighted by Crippen LogP contribution is 2.55. The van der Waals surface area contributed by atoms with Crippen molar-refractivity contribution in [3.63, 3.8) is 0 Å². The largest absolute Gasteiger partial charge is 0.411 e. The summed E-state index contributed by atoms with van der Waals surface area (Å²) < 4.78 is 56.5. The second kappa shape index (κ2) is 22.9. The molecule has 2 aromatic rings. The zero-order valence-corrected chi connectivity index (χ0v) is 44.7. The molecule has 2 aromatic carbocycles. The number of ether oxygens (including phenoxy) is 4. The highest BCUT2D eigenvalue weighted by atomic mass is 28.4. The summed E-state index contributed by atoms with van der Waals surface area (Å²) >= 11 is 0. The van der Waals surface area contributed by atoms with Gasteiger partial charge in [0.2, 0.25) is 0 Å². The molecule has 8 nitrogen and oxygen atoms in total. The maximum Gasteiger partial charge on any atom is 0.349 e. The van der Waals surface area contributed by atoms with E-state index in [1.165, 1.54) is 0 Å². The van der Waals surface area contributed by atoms with Crippen LogP contribution in [0, 0.1) is 11.8 Å². The summed E-state index contributed by atoms with van der Waals surface area (Å²) in [4.78, 5) is 0. The van der Waals surface area contributed by atoms with Crippen molar-refractivity contribution in [1.82, 2.24) is 0 Å². The summed E-state index contributed by atoms with van der Waals surface area (Å²) in [7, 11) is -6.65. The molecular weight excluding hydrogens is 837 g/mol. The summed E-state index contributed by atoms with van der Waals surface area (Å²) in [6, 6.07) is 27.2. The average Bonchev–Trinajstić information content (AvgIpc) is 3.40. The van der Waals surface area contributed by atoms with Gasteiger partial charge in [0, 0.05) is 29.3 Å². The molecule has 3 saturated heterocycles. The van der Waals surface area contributed by atoms with E-state index in [9.17, 15) is 0 Å². The molecule has 8 atom stereocenters. The Morgan fingerprint density at radius 2 is 1.16 bits per heavy atom. The first-order valence-corrected chi connectivity index (χ1v) is 31.6. The van der Waals surface area contributed by atoms with E-state index >= 15 is 0 Å². The van der Waals surface area contributed by atoms with Gasteiger partial charge >= 0.3 is 8.56 Å². The average molecular weight is 924 g/mol. The Hall–Kier alpha value is -1.67. The fourth-order valence-electron chi connectivity index (χ4n) is 10.4. The number of rotatable bonds is 19.